The lowest BCUT2D eigenvalue weighted by atomic mass is 10.00. The summed E-state index contributed by atoms with van der Waals surface area (Å²) in [6.07, 6.45) is 0. The number of aryl methyl sites for hydroxylation is 1. The number of carbonyl (C=O) groups excluding carboxylic acids is 1. The standard InChI is InChI=1S/C15H11FO3/c1-9-7-11(5-6-13(9)16)14(17)10-3-2-4-12(8-10)15(18)19/h2-8H,1H3,(H,18,19). The molecule has 0 atom stereocenters. The van der Waals surface area contributed by atoms with Crippen molar-refractivity contribution in [3.8, 4) is 0 Å². The van der Waals surface area contributed by atoms with Crippen molar-refractivity contribution in [2.24, 2.45) is 0 Å². The largest absolute Gasteiger partial charge is 0.478 e. The number of aromatic carboxylic acids is 1. The predicted octanol–water partition coefficient (Wildman–Crippen LogP) is 3.06. The minimum Gasteiger partial charge on any atom is -0.478 e. The van der Waals surface area contributed by atoms with Crippen molar-refractivity contribution >= 4 is 11.8 Å². The van der Waals surface area contributed by atoms with Gasteiger partial charge in [0.15, 0.2) is 5.78 Å². The fraction of sp³-hybridized carbons (Fsp3) is 0.0667. The molecule has 4 heteroatoms. The second-order valence-electron chi connectivity index (χ2n) is 4.18. The zero-order valence-electron chi connectivity index (χ0n) is 10.2. The fourth-order valence-electron chi connectivity index (χ4n) is 1.75. The van der Waals surface area contributed by atoms with Crippen LogP contribution in [0.25, 0.3) is 0 Å². The monoisotopic (exact) mass is 258 g/mol. The molecule has 0 aliphatic rings. The molecule has 0 radical (unpaired) electrons. The molecular formula is C15H11FO3. The Labute approximate surface area is 109 Å². The summed E-state index contributed by atoms with van der Waals surface area (Å²) in [6.45, 7) is 1.57. The van der Waals surface area contributed by atoms with E-state index in [4.69, 9.17) is 5.11 Å². The van der Waals surface area contributed by atoms with Crippen LogP contribution in [0.15, 0.2) is 42.5 Å². The average molecular weight is 258 g/mol. The van der Waals surface area contributed by atoms with Gasteiger partial charge in [-0.2, -0.15) is 0 Å². The number of carboxylic acids is 1. The summed E-state index contributed by atoms with van der Waals surface area (Å²) in [7, 11) is 0. The molecule has 0 amide bonds. The molecule has 0 aromatic heterocycles. The number of carboxylic acid groups (broad SMARTS) is 1. The molecule has 19 heavy (non-hydrogen) atoms. The second-order valence-corrected chi connectivity index (χ2v) is 4.18. The van der Waals surface area contributed by atoms with Gasteiger partial charge in [0.1, 0.15) is 5.82 Å². The van der Waals surface area contributed by atoms with Crippen molar-refractivity contribution in [2.45, 2.75) is 6.92 Å². The summed E-state index contributed by atoms with van der Waals surface area (Å²) in [6, 6.07) is 9.83. The number of carbonyl (C=O) groups is 2. The van der Waals surface area contributed by atoms with Crippen LogP contribution in [-0.4, -0.2) is 16.9 Å². The zero-order chi connectivity index (χ0) is 14.0. The maximum atomic E-state index is 13.1. The number of ketones is 1. The van der Waals surface area contributed by atoms with Gasteiger partial charge in [0, 0.05) is 11.1 Å². The number of benzene rings is 2. The van der Waals surface area contributed by atoms with E-state index in [9.17, 15) is 14.0 Å². The summed E-state index contributed by atoms with van der Waals surface area (Å²) in [5, 5.41) is 8.88. The highest BCUT2D eigenvalue weighted by Gasteiger charge is 2.12. The molecule has 96 valence electrons. The Morgan fingerprint density at radius 3 is 2.26 bits per heavy atom. The van der Waals surface area contributed by atoms with Crippen LogP contribution in [0.2, 0.25) is 0 Å². The van der Waals surface area contributed by atoms with Gasteiger partial charge < -0.3 is 5.11 Å². The SMILES string of the molecule is Cc1cc(C(=O)c2cccc(C(=O)O)c2)ccc1F. The molecule has 0 bridgehead atoms. The van der Waals surface area contributed by atoms with Crippen molar-refractivity contribution < 1.29 is 19.1 Å². The average Bonchev–Trinajstić information content (AvgIpc) is 2.41. The molecule has 0 aliphatic carbocycles. The van der Waals surface area contributed by atoms with E-state index in [1.807, 2.05) is 0 Å². The van der Waals surface area contributed by atoms with Crippen LogP contribution < -0.4 is 0 Å². The first-order valence-electron chi connectivity index (χ1n) is 5.63. The van der Waals surface area contributed by atoms with Gasteiger partial charge in [-0.1, -0.05) is 12.1 Å². The summed E-state index contributed by atoms with van der Waals surface area (Å²) in [5.74, 6) is -1.80. The molecule has 0 saturated heterocycles. The van der Waals surface area contributed by atoms with E-state index in [-0.39, 0.29) is 22.7 Å². The minimum absolute atomic E-state index is 0.0460. The first kappa shape index (κ1) is 13.0. The van der Waals surface area contributed by atoms with Crippen LogP contribution in [0, 0.1) is 12.7 Å². The van der Waals surface area contributed by atoms with Crippen LogP contribution in [0.3, 0.4) is 0 Å². The molecule has 0 spiro atoms. The highest BCUT2D eigenvalue weighted by Crippen LogP contribution is 2.15. The fourth-order valence-corrected chi connectivity index (χ4v) is 1.75. The molecule has 0 unspecified atom stereocenters. The van der Waals surface area contributed by atoms with E-state index in [1.165, 1.54) is 42.5 Å². The van der Waals surface area contributed by atoms with Gasteiger partial charge in [-0.25, -0.2) is 9.18 Å². The Balaban J connectivity index is 2.41. The zero-order valence-corrected chi connectivity index (χ0v) is 10.2. The molecule has 1 N–H and O–H groups in total. The van der Waals surface area contributed by atoms with Gasteiger partial charge in [-0.05, 0) is 42.8 Å². The topological polar surface area (TPSA) is 54.4 Å². The lowest BCUT2D eigenvalue weighted by Gasteiger charge is -2.04. The van der Waals surface area contributed by atoms with E-state index in [2.05, 4.69) is 0 Å². The molecule has 3 nitrogen and oxygen atoms in total. The Morgan fingerprint density at radius 2 is 1.63 bits per heavy atom. The third-order valence-electron chi connectivity index (χ3n) is 2.79. The van der Waals surface area contributed by atoms with Crippen molar-refractivity contribution in [1.29, 1.82) is 0 Å². The van der Waals surface area contributed by atoms with Gasteiger partial charge in [-0.15, -0.1) is 0 Å². The van der Waals surface area contributed by atoms with Crippen molar-refractivity contribution in [1.82, 2.24) is 0 Å². The summed E-state index contributed by atoms with van der Waals surface area (Å²) >= 11 is 0. The summed E-state index contributed by atoms with van der Waals surface area (Å²) < 4.78 is 13.1. The van der Waals surface area contributed by atoms with Crippen molar-refractivity contribution in [3.05, 3.63) is 70.5 Å². The molecule has 2 aromatic rings. The van der Waals surface area contributed by atoms with E-state index >= 15 is 0 Å². The molecule has 2 rings (SSSR count). The van der Waals surface area contributed by atoms with Crippen LogP contribution in [0.4, 0.5) is 4.39 Å². The van der Waals surface area contributed by atoms with E-state index in [1.54, 1.807) is 6.92 Å². The Hall–Kier alpha value is -2.49. The Kier molecular flexibility index (Phi) is 3.42. The van der Waals surface area contributed by atoms with Crippen molar-refractivity contribution in [3.63, 3.8) is 0 Å². The van der Waals surface area contributed by atoms with Gasteiger partial charge in [-0.3, -0.25) is 4.79 Å². The summed E-state index contributed by atoms with van der Waals surface area (Å²) in [5.41, 5.74) is 1.03. The molecule has 0 aliphatic heterocycles. The van der Waals surface area contributed by atoms with E-state index < -0.39 is 5.97 Å². The van der Waals surface area contributed by atoms with E-state index in [0.717, 1.165) is 0 Å². The minimum atomic E-state index is -1.09. The number of hydrogen-bond donors (Lipinski definition) is 1. The first-order valence-corrected chi connectivity index (χ1v) is 5.63. The highest BCUT2D eigenvalue weighted by atomic mass is 19.1. The highest BCUT2D eigenvalue weighted by molar-refractivity contribution is 6.10. The Bertz CT molecular complexity index is 662. The van der Waals surface area contributed by atoms with Gasteiger partial charge in [0.25, 0.3) is 0 Å². The second kappa shape index (κ2) is 5.02. The van der Waals surface area contributed by atoms with Crippen molar-refractivity contribution in [2.75, 3.05) is 0 Å². The Morgan fingerprint density at radius 1 is 1.00 bits per heavy atom. The van der Waals surface area contributed by atoms with Crippen LogP contribution >= 0.6 is 0 Å². The maximum Gasteiger partial charge on any atom is 0.335 e. The third-order valence-corrected chi connectivity index (χ3v) is 2.79. The van der Waals surface area contributed by atoms with Gasteiger partial charge in [0.2, 0.25) is 0 Å². The molecule has 0 fully saturated rings. The number of rotatable bonds is 3. The van der Waals surface area contributed by atoms with Crippen LogP contribution in [-0.2, 0) is 0 Å². The lowest BCUT2D eigenvalue weighted by Crippen LogP contribution is -2.05. The van der Waals surface area contributed by atoms with Gasteiger partial charge in [0.05, 0.1) is 5.56 Å². The first-order chi connectivity index (χ1) is 8.99. The number of hydrogen-bond acceptors (Lipinski definition) is 2. The van der Waals surface area contributed by atoms with Crippen LogP contribution in [0.1, 0.15) is 31.8 Å². The maximum absolute atomic E-state index is 13.1. The normalized spacial score (nSPS) is 10.2. The predicted molar refractivity (Wildman–Crippen MR) is 68.0 cm³/mol. The summed E-state index contributed by atoms with van der Waals surface area (Å²) in [4.78, 5) is 23.0. The molecular weight excluding hydrogens is 247 g/mol. The lowest BCUT2D eigenvalue weighted by molar-refractivity contribution is 0.0697. The molecule has 0 saturated carbocycles. The van der Waals surface area contributed by atoms with Gasteiger partial charge >= 0.3 is 5.97 Å². The molecule has 2 aromatic carbocycles. The van der Waals surface area contributed by atoms with Crippen LogP contribution in [0.5, 0.6) is 0 Å². The number of halogens is 1. The van der Waals surface area contributed by atoms with E-state index in [0.29, 0.717) is 11.1 Å². The smallest absolute Gasteiger partial charge is 0.335 e. The molecule has 0 heterocycles. The third kappa shape index (κ3) is 2.68. The quantitative estimate of drug-likeness (QED) is 0.861.